The van der Waals surface area contributed by atoms with Gasteiger partial charge >= 0.3 is 0 Å². The van der Waals surface area contributed by atoms with Crippen molar-refractivity contribution in [1.29, 1.82) is 0 Å². The zero-order valence-electron chi connectivity index (χ0n) is 13.8. The monoisotopic (exact) mass is 304 g/mol. The van der Waals surface area contributed by atoms with Crippen LogP contribution in [0.5, 0.6) is 17.2 Å². The molecule has 3 N–H and O–H groups in total. The summed E-state index contributed by atoms with van der Waals surface area (Å²) >= 11 is 0. The second-order valence-electron chi connectivity index (χ2n) is 5.91. The van der Waals surface area contributed by atoms with E-state index in [-0.39, 0.29) is 33.9 Å². The number of ketones is 1. The van der Waals surface area contributed by atoms with Crippen molar-refractivity contribution in [3.8, 4) is 17.2 Å². The van der Waals surface area contributed by atoms with Crippen LogP contribution in [0.4, 0.5) is 0 Å². The number of hydrogen-bond acceptors (Lipinski definition) is 4. The predicted molar refractivity (Wildman–Crippen MR) is 87.7 cm³/mol. The maximum absolute atomic E-state index is 11.7. The van der Waals surface area contributed by atoms with E-state index in [9.17, 15) is 20.1 Å². The number of carbonyl (C=O) groups is 1. The Bertz CT molecular complexity index is 597. The van der Waals surface area contributed by atoms with E-state index in [0.717, 1.165) is 11.1 Å². The normalized spacial score (nSPS) is 10.2. The molecule has 120 valence electrons. The van der Waals surface area contributed by atoms with Crippen LogP contribution in [0.15, 0.2) is 23.3 Å². The van der Waals surface area contributed by atoms with Crippen LogP contribution in [0, 0.1) is 0 Å². The highest BCUT2D eigenvalue weighted by Crippen LogP contribution is 2.43. The molecule has 0 saturated carbocycles. The molecular weight excluding hydrogens is 280 g/mol. The minimum Gasteiger partial charge on any atom is -0.507 e. The number of phenols is 3. The number of hydrogen-bond donors (Lipinski definition) is 3. The van der Waals surface area contributed by atoms with Gasteiger partial charge in [-0.1, -0.05) is 23.3 Å². The van der Waals surface area contributed by atoms with Gasteiger partial charge in [-0.25, -0.2) is 0 Å². The van der Waals surface area contributed by atoms with Gasteiger partial charge in [0.25, 0.3) is 0 Å². The van der Waals surface area contributed by atoms with Crippen molar-refractivity contribution in [3.63, 3.8) is 0 Å². The molecule has 4 nitrogen and oxygen atoms in total. The fourth-order valence-corrected chi connectivity index (χ4v) is 2.15. The Hall–Kier alpha value is -2.23. The lowest BCUT2D eigenvalue weighted by Gasteiger charge is -2.16. The van der Waals surface area contributed by atoms with Crippen LogP contribution in [-0.4, -0.2) is 21.1 Å². The maximum Gasteiger partial charge on any atom is 0.167 e. The van der Waals surface area contributed by atoms with Crippen molar-refractivity contribution in [1.82, 2.24) is 0 Å². The Morgan fingerprint density at radius 2 is 1.14 bits per heavy atom. The molecule has 0 aliphatic rings. The zero-order valence-corrected chi connectivity index (χ0v) is 13.8. The van der Waals surface area contributed by atoms with Crippen molar-refractivity contribution >= 4 is 5.78 Å². The summed E-state index contributed by atoms with van der Waals surface area (Å²) in [5.41, 5.74) is 2.46. The van der Waals surface area contributed by atoms with Gasteiger partial charge in [0.05, 0.1) is 0 Å². The summed E-state index contributed by atoms with van der Waals surface area (Å²) in [6, 6.07) is 0. The quantitative estimate of drug-likeness (QED) is 0.567. The molecule has 0 radical (unpaired) electrons. The summed E-state index contributed by atoms with van der Waals surface area (Å²) in [6.45, 7) is 8.91. The molecule has 0 aliphatic heterocycles. The van der Waals surface area contributed by atoms with E-state index in [4.69, 9.17) is 0 Å². The first kappa shape index (κ1) is 17.8. The van der Waals surface area contributed by atoms with Crippen LogP contribution < -0.4 is 0 Å². The van der Waals surface area contributed by atoms with Gasteiger partial charge in [-0.05, 0) is 47.5 Å². The fraction of sp³-hybridized carbons (Fsp3) is 0.389. The molecule has 1 aromatic rings. The van der Waals surface area contributed by atoms with Gasteiger partial charge in [0.2, 0.25) is 0 Å². The summed E-state index contributed by atoms with van der Waals surface area (Å²) in [5.74, 6) is -1.29. The summed E-state index contributed by atoms with van der Waals surface area (Å²) in [7, 11) is 0. The van der Waals surface area contributed by atoms with Crippen LogP contribution in [0.25, 0.3) is 0 Å². The molecule has 4 heteroatoms. The second-order valence-corrected chi connectivity index (χ2v) is 5.91. The van der Waals surface area contributed by atoms with E-state index in [1.807, 2.05) is 39.8 Å². The minimum absolute atomic E-state index is 0.132. The number of benzene rings is 1. The zero-order chi connectivity index (χ0) is 17.0. The standard InChI is InChI=1S/C18H24O4/c1-10(2)6-8-13-16(20)14(9-7-11(3)4)18(22)15(12(5)19)17(13)21/h6-7,20-22H,8-9H2,1-5H3. The molecule has 0 aromatic heterocycles. The van der Waals surface area contributed by atoms with E-state index in [1.54, 1.807) is 0 Å². The lowest BCUT2D eigenvalue weighted by atomic mass is 9.94. The van der Waals surface area contributed by atoms with Gasteiger partial charge in [0, 0.05) is 11.1 Å². The molecular formula is C18H24O4. The highest BCUT2D eigenvalue weighted by atomic mass is 16.3. The van der Waals surface area contributed by atoms with Crippen molar-refractivity contribution in [2.45, 2.75) is 47.5 Å². The smallest absolute Gasteiger partial charge is 0.167 e. The first-order chi connectivity index (χ1) is 10.2. The minimum atomic E-state index is -0.438. The number of phenolic OH excluding ortho intramolecular Hbond substituents is 3. The van der Waals surface area contributed by atoms with Crippen molar-refractivity contribution in [2.75, 3.05) is 0 Å². The lowest BCUT2D eigenvalue weighted by molar-refractivity contribution is 0.101. The highest BCUT2D eigenvalue weighted by Gasteiger charge is 2.24. The predicted octanol–water partition coefficient (Wildman–Crippen LogP) is 4.02. The third kappa shape index (κ3) is 3.91. The molecule has 1 rings (SSSR count). The average molecular weight is 304 g/mol. The lowest BCUT2D eigenvalue weighted by Crippen LogP contribution is -2.02. The van der Waals surface area contributed by atoms with Crippen molar-refractivity contribution in [2.24, 2.45) is 0 Å². The average Bonchev–Trinajstić information content (AvgIpc) is 2.36. The number of aromatic hydroxyl groups is 3. The van der Waals surface area contributed by atoms with E-state index in [2.05, 4.69) is 0 Å². The number of Topliss-reactive ketones (excluding diaryl/α,β-unsaturated/α-hetero) is 1. The van der Waals surface area contributed by atoms with Gasteiger partial charge in [0.15, 0.2) is 5.78 Å². The van der Waals surface area contributed by atoms with Crippen molar-refractivity contribution in [3.05, 3.63) is 40.0 Å². The van der Waals surface area contributed by atoms with Crippen LogP contribution >= 0.6 is 0 Å². The number of allylic oxidation sites excluding steroid dienone is 4. The summed E-state index contributed by atoms with van der Waals surface area (Å²) in [5, 5.41) is 30.9. The topological polar surface area (TPSA) is 77.8 Å². The molecule has 0 heterocycles. The first-order valence-electron chi connectivity index (χ1n) is 7.23. The second kappa shape index (κ2) is 7.16. The Morgan fingerprint density at radius 1 is 0.773 bits per heavy atom. The third-order valence-corrected chi connectivity index (χ3v) is 3.40. The molecule has 0 atom stereocenters. The Balaban J connectivity index is 3.59. The highest BCUT2D eigenvalue weighted by molar-refractivity contribution is 6.01. The molecule has 0 spiro atoms. The Morgan fingerprint density at radius 3 is 1.41 bits per heavy atom. The van der Waals surface area contributed by atoms with Gasteiger partial charge in [-0.3, -0.25) is 4.79 Å². The van der Waals surface area contributed by atoms with Crippen LogP contribution in [0.1, 0.15) is 56.1 Å². The Labute approximate surface area is 131 Å². The Kier molecular flexibility index (Phi) is 5.80. The van der Waals surface area contributed by atoms with Crippen LogP contribution in [-0.2, 0) is 12.8 Å². The molecule has 0 bridgehead atoms. The number of rotatable bonds is 5. The maximum atomic E-state index is 11.7. The molecule has 22 heavy (non-hydrogen) atoms. The van der Waals surface area contributed by atoms with Crippen molar-refractivity contribution < 1.29 is 20.1 Å². The van der Waals surface area contributed by atoms with E-state index < -0.39 is 5.78 Å². The van der Waals surface area contributed by atoms with Crippen LogP contribution in [0.3, 0.4) is 0 Å². The van der Waals surface area contributed by atoms with Crippen LogP contribution in [0.2, 0.25) is 0 Å². The largest absolute Gasteiger partial charge is 0.507 e. The van der Waals surface area contributed by atoms with E-state index in [1.165, 1.54) is 6.92 Å². The molecule has 0 fully saturated rings. The van der Waals surface area contributed by atoms with Gasteiger partial charge in [-0.15, -0.1) is 0 Å². The summed E-state index contributed by atoms with van der Waals surface area (Å²) in [4.78, 5) is 11.7. The van der Waals surface area contributed by atoms with Gasteiger partial charge in [-0.2, -0.15) is 0 Å². The summed E-state index contributed by atoms with van der Waals surface area (Å²) < 4.78 is 0. The summed E-state index contributed by atoms with van der Waals surface area (Å²) in [6.07, 6.45) is 4.28. The number of carbonyl (C=O) groups excluding carboxylic acids is 1. The fourth-order valence-electron chi connectivity index (χ4n) is 2.15. The van der Waals surface area contributed by atoms with Gasteiger partial charge in [0.1, 0.15) is 22.8 Å². The van der Waals surface area contributed by atoms with E-state index >= 15 is 0 Å². The molecule has 0 unspecified atom stereocenters. The van der Waals surface area contributed by atoms with Gasteiger partial charge < -0.3 is 15.3 Å². The molecule has 0 amide bonds. The molecule has 0 aliphatic carbocycles. The third-order valence-electron chi connectivity index (χ3n) is 3.40. The molecule has 1 aromatic carbocycles. The van der Waals surface area contributed by atoms with E-state index in [0.29, 0.717) is 12.8 Å². The SMILES string of the molecule is CC(=O)c1c(O)c(CC=C(C)C)c(O)c(CC=C(C)C)c1O. The molecule has 0 saturated heterocycles. The first-order valence-corrected chi connectivity index (χ1v) is 7.23.